The summed E-state index contributed by atoms with van der Waals surface area (Å²) in [5, 5.41) is 4.89. The number of hydrogen-bond donors (Lipinski definition) is 2. The number of nitrogens with one attached hydrogen (secondary N) is 1. The molecule has 1 aliphatic rings. The monoisotopic (exact) mass is 309 g/mol. The van der Waals surface area contributed by atoms with Crippen molar-refractivity contribution in [3.63, 3.8) is 0 Å². The van der Waals surface area contributed by atoms with E-state index in [0.717, 1.165) is 13.0 Å². The van der Waals surface area contributed by atoms with E-state index < -0.39 is 0 Å². The van der Waals surface area contributed by atoms with Gasteiger partial charge in [-0.1, -0.05) is 6.92 Å². The summed E-state index contributed by atoms with van der Waals surface area (Å²) in [4.78, 5) is 27.1. The van der Waals surface area contributed by atoms with Gasteiger partial charge < -0.3 is 16.0 Å². The summed E-state index contributed by atoms with van der Waals surface area (Å²) in [5.41, 5.74) is 6.75. The molecular formula is C15H23N3O2S. The fraction of sp³-hybridized carbons (Fsp3) is 0.600. The molecule has 1 aromatic rings. The highest BCUT2D eigenvalue weighted by molar-refractivity contribution is 7.10. The fourth-order valence-corrected chi connectivity index (χ4v) is 3.19. The Morgan fingerprint density at radius 3 is 3.05 bits per heavy atom. The van der Waals surface area contributed by atoms with Gasteiger partial charge in [0.2, 0.25) is 11.8 Å². The Hall–Kier alpha value is -1.40. The maximum absolute atomic E-state index is 12.2. The van der Waals surface area contributed by atoms with Crippen molar-refractivity contribution in [3.05, 3.63) is 21.9 Å². The first kappa shape index (κ1) is 16.0. The van der Waals surface area contributed by atoms with E-state index in [-0.39, 0.29) is 30.6 Å². The minimum Gasteiger partial charge on any atom is -0.356 e. The average Bonchev–Trinajstić information content (AvgIpc) is 2.97. The normalized spacial score (nSPS) is 15.4. The highest BCUT2D eigenvalue weighted by Gasteiger charge is 2.21. The molecule has 0 bridgehead atoms. The van der Waals surface area contributed by atoms with Crippen LogP contribution >= 0.6 is 11.3 Å². The number of rotatable bonds is 6. The van der Waals surface area contributed by atoms with Gasteiger partial charge in [0.15, 0.2) is 0 Å². The molecule has 1 aromatic heterocycles. The van der Waals surface area contributed by atoms with Gasteiger partial charge in [-0.25, -0.2) is 0 Å². The largest absolute Gasteiger partial charge is 0.356 e. The van der Waals surface area contributed by atoms with Crippen LogP contribution in [0.4, 0.5) is 0 Å². The minimum absolute atomic E-state index is 0.0638. The first-order chi connectivity index (χ1) is 10.1. The Balaban J connectivity index is 1.72. The number of hydrogen-bond acceptors (Lipinski definition) is 4. The second kappa shape index (κ2) is 7.56. The summed E-state index contributed by atoms with van der Waals surface area (Å²) < 4.78 is 0. The number of amides is 2. The van der Waals surface area contributed by atoms with Gasteiger partial charge in [0, 0.05) is 37.4 Å². The third-order valence-electron chi connectivity index (χ3n) is 3.78. The van der Waals surface area contributed by atoms with Gasteiger partial charge in [-0.3, -0.25) is 9.59 Å². The Bertz CT molecular complexity index is 501. The Morgan fingerprint density at radius 2 is 2.29 bits per heavy atom. The van der Waals surface area contributed by atoms with Gasteiger partial charge in [0.05, 0.1) is 0 Å². The lowest BCUT2D eigenvalue weighted by Gasteiger charge is -2.27. The zero-order valence-electron chi connectivity index (χ0n) is 12.4. The molecule has 6 heteroatoms. The van der Waals surface area contributed by atoms with E-state index in [1.54, 1.807) is 11.3 Å². The maximum atomic E-state index is 12.2. The molecule has 0 saturated carbocycles. The van der Waals surface area contributed by atoms with E-state index in [4.69, 9.17) is 5.73 Å². The van der Waals surface area contributed by atoms with Gasteiger partial charge in [-0.15, -0.1) is 11.3 Å². The predicted molar refractivity (Wildman–Crippen MR) is 83.9 cm³/mol. The second-order valence-electron chi connectivity index (χ2n) is 5.58. The highest BCUT2D eigenvalue weighted by atomic mass is 32.1. The molecule has 1 atom stereocenters. The SMILES string of the molecule is CC(CN)CNC(=O)CCC(=O)N1CCc2sccc2C1. The van der Waals surface area contributed by atoms with Crippen molar-refractivity contribution < 1.29 is 9.59 Å². The van der Waals surface area contributed by atoms with E-state index in [1.165, 1.54) is 10.4 Å². The number of carbonyl (C=O) groups excluding carboxylic acids is 2. The summed E-state index contributed by atoms with van der Waals surface area (Å²) in [6.45, 7) is 4.56. The van der Waals surface area contributed by atoms with Crippen molar-refractivity contribution in [2.45, 2.75) is 32.7 Å². The highest BCUT2D eigenvalue weighted by Crippen LogP contribution is 2.24. The molecule has 3 N–H and O–H groups in total. The van der Waals surface area contributed by atoms with Crippen molar-refractivity contribution in [2.75, 3.05) is 19.6 Å². The Labute approximate surface area is 129 Å². The number of nitrogens with zero attached hydrogens (tertiary/aromatic N) is 1. The molecule has 1 aliphatic heterocycles. The lowest BCUT2D eigenvalue weighted by Crippen LogP contribution is -2.36. The van der Waals surface area contributed by atoms with E-state index in [1.807, 2.05) is 11.8 Å². The van der Waals surface area contributed by atoms with Gasteiger partial charge >= 0.3 is 0 Å². The molecule has 21 heavy (non-hydrogen) atoms. The zero-order valence-corrected chi connectivity index (χ0v) is 13.2. The van der Waals surface area contributed by atoms with E-state index in [9.17, 15) is 9.59 Å². The predicted octanol–water partition coefficient (Wildman–Crippen LogP) is 1.12. The molecular weight excluding hydrogens is 286 g/mol. The molecule has 0 spiro atoms. The van der Waals surface area contributed by atoms with Crippen molar-refractivity contribution in [2.24, 2.45) is 11.7 Å². The number of nitrogens with two attached hydrogens (primary N) is 1. The standard InChI is InChI=1S/C15H23N3O2S/c1-11(8-16)9-17-14(19)2-3-15(20)18-6-4-13-12(10-18)5-7-21-13/h5,7,11H,2-4,6,8-10,16H2,1H3,(H,17,19). The van der Waals surface area contributed by atoms with Crippen LogP contribution < -0.4 is 11.1 Å². The molecule has 2 rings (SSSR count). The quantitative estimate of drug-likeness (QED) is 0.827. The van der Waals surface area contributed by atoms with E-state index in [2.05, 4.69) is 16.8 Å². The molecule has 0 radical (unpaired) electrons. The van der Waals surface area contributed by atoms with Crippen LogP contribution in [0.25, 0.3) is 0 Å². The average molecular weight is 309 g/mol. The molecule has 0 aromatic carbocycles. The Kier molecular flexibility index (Phi) is 5.76. The van der Waals surface area contributed by atoms with Crippen LogP contribution in [0.2, 0.25) is 0 Å². The summed E-state index contributed by atoms with van der Waals surface area (Å²) in [6.07, 6.45) is 1.46. The first-order valence-corrected chi connectivity index (χ1v) is 8.28. The van der Waals surface area contributed by atoms with E-state index in [0.29, 0.717) is 19.6 Å². The number of thiophene rings is 1. The molecule has 0 aliphatic carbocycles. The van der Waals surface area contributed by atoms with Gasteiger partial charge in [0.1, 0.15) is 0 Å². The third kappa shape index (κ3) is 4.54. The summed E-state index contributed by atoms with van der Waals surface area (Å²) in [6, 6.07) is 2.08. The maximum Gasteiger partial charge on any atom is 0.223 e. The minimum atomic E-state index is -0.0723. The zero-order chi connectivity index (χ0) is 15.2. The molecule has 1 unspecified atom stereocenters. The molecule has 2 heterocycles. The summed E-state index contributed by atoms with van der Waals surface area (Å²) in [7, 11) is 0. The van der Waals surface area contributed by atoms with Crippen LogP contribution in [0, 0.1) is 5.92 Å². The van der Waals surface area contributed by atoms with Crippen LogP contribution in [0.3, 0.4) is 0 Å². The molecule has 0 saturated heterocycles. The topological polar surface area (TPSA) is 75.4 Å². The van der Waals surface area contributed by atoms with E-state index >= 15 is 0 Å². The van der Waals surface area contributed by atoms with Crippen LogP contribution in [0.5, 0.6) is 0 Å². The smallest absolute Gasteiger partial charge is 0.223 e. The van der Waals surface area contributed by atoms with Gasteiger partial charge in [0.25, 0.3) is 0 Å². The number of carbonyl (C=O) groups is 2. The van der Waals surface area contributed by atoms with Crippen molar-refractivity contribution in [1.29, 1.82) is 0 Å². The van der Waals surface area contributed by atoms with Crippen molar-refractivity contribution >= 4 is 23.2 Å². The molecule has 116 valence electrons. The van der Waals surface area contributed by atoms with Crippen molar-refractivity contribution in [1.82, 2.24) is 10.2 Å². The molecule has 0 fully saturated rings. The first-order valence-electron chi connectivity index (χ1n) is 7.40. The fourth-order valence-electron chi connectivity index (χ4n) is 2.30. The van der Waals surface area contributed by atoms with Crippen LogP contribution in [-0.4, -0.2) is 36.3 Å². The van der Waals surface area contributed by atoms with Crippen LogP contribution in [-0.2, 0) is 22.6 Å². The van der Waals surface area contributed by atoms with Gasteiger partial charge in [-0.05, 0) is 35.9 Å². The summed E-state index contributed by atoms with van der Waals surface area (Å²) >= 11 is 1.76. The molecule has 2 amide bonds. The lowest BCUT2D eigenvalue weighted by molar-refractivity contribution is -0.134. The number of fused-ring (bicyclic) bond motifs is 1. The van der Waals surface area contributed by atoms with Gasteiger partial charge in [-0.2, -0.15) is 0 Å². The van der Waals surface area contributed by atoms with Crippen LogP contribution in [0.1, 0.15) is 30.2 Å². The van der Waals surface area contributed by atoms with Crippen molar-refractivity contribution in [3.8, 4) is 0 Å². The lowest BCUT2D eigenvalue weighted by atomic mass is 10.1. The third-order valence-corrected chi connectivity index (χ3v) is 4.80. The second-order valence-corrected chi connectivity index (χ2v) is 6.58. The summed E-state index contributed by atoms with van der Waals surface area (Å²) in [5.74, 6) is 0.259. The van der Waals surface area contributed by atoms with Crippen LogP contribution in [0.15, 0.2) is 11.4 Å². The Morgan fingerprint density at radius 1 is 1.48 bits per heavy atom. The molecule has 5 nitrogen and oxygen atoms in total.